The Morgan fingerprint density at radius 1 is 0.607 bits per heavy atom. The summed E-state index contributed by atoms with van der Waals surface area (Å²) in [6.45, 7) is 4.37. The summed E-state index contributed by atoms with van der Waals surface area (Å²) in [6, 6.07) is 22.3. The van der Waals surface area contributed by atoms with Crippen LogP contribution in [0.2, 0.25) is 0 Å². The molecule has 3 saturated heterocycles. The van der Waals surface area contributed by atoms with Crippen LogP contribution in [0, 0.1) is 5.92 Å². The fourth-order valence-corrected chi connectivity index (χ4v) is 12.6. The average molecular weight is 1170 g/mol. The van der Waals surface area contributed by atoms with Crippen molar-refractivity contribution in [2.45, 2.75) is 139 Å². The van der Waals surface area contributed by atoms with Crippen molar-refractivity contribution in [2.24, 2.45) is 23.1 Å². The first-order chi connectivity index (χ1) is 40.4. The Kier molecular flexibility index (Phi) is 21.3. The lowest BCUT2D eigenvalue weighted by Gasteiger charge is -2.40. The topological polar surface area (TPSA) is 319 Å². The Morgan fingerprint density at radius 3 is 1.89 bits per heavy atom. The van der Waals surface area contributed by atoms with E-state index >= 15 is 14.4 Å². The first-order valence-corrected chi connectivity index (χ1v) is 30.1. The molecule has 22 heteroatoms. The number of fused-ring (bicyclic) bond motifs is 4. The van der Waals surface area contributed by atoms with Crippen LogP contribution in [0.3, 0.4) is 0 Å². The summed E-state index contributed by atoms with van der Waals surface area (Å²) < 4.78 is 0. The van der Waals surface area contributed by atoms with Crippen LogP contribution in [0.1, 0.15) is 103 Å². The van der Waals surface area contributed by atoms with Crippen molar-refractivity contribution < 1.29 is 47.9 Å². The summed E-state index contributed by atoms with van der Waals surface area (Å²) in [4.78, 5) is 148. The molecule has 0 spiro atoms. The van der Waals surface area contributed by atoms with Gasteiger partial charge in [-0.2, -0.15) is 0 Å². The van der Waals surface area contributed by atoms with E-state index in [0.717, 1.165) is 34.0 Å². The zero-order chi connectivity index (χ0) is 60.0. The van der Waals surface area contributed by atoms with Gasteiger partial charge in [-0.15, -0.1) is 11.8 Å². The maximum Gasteiger partial charge on any atom is 0.248 e. The van der Waals surface area contributed by atoms with Crippen molar-refractivity contribution in [3.63, 3.8) is 0 Å². The highest BCUT2D eigenvalue weighted by atomic mass is 32.2. The maximum absolute atomic E-state index is 15.3. The van der Waals surface area contributed by atoms with Gasteiger partial charge in [0, 0.05) is 56.1 Å². The molecule has 9 atom stereocenters. The van der Waals surface area contributed by atoms with Crippen LogP contribution in [0.5, 0.6) is 0 Å². The number of primary amides is 2. The van der Waals surface area contributed by atoms with E-state index in [4.69, 9.17) is 17.2 Å². The zero-order valence-corrected chi connectivity index (χ0v) is 48.4. The lowest BCUT2D eigenvalue weighted by atomic mass is 9.92. The van der Waals surface area contributed by atoms with Crippen LogP contribution in [-0.2, 0) is 69.0 Å². The molecule has 8 rings (SSSR count). The van der Waals surface area contributed by atoms with Crippen molar-refractivity contribution in [3.8, 4) is 0 Å². The molecular formula is C62H77N11O10S. The van der Waals surface area contributed by atoms with Gasteiger partial charge in [-0.05, 0) is 97.4 Å². The summed E-state index contributed by atoms with van der Waals surface area (Å²) in [5.41, 5.74) is 21.2. The van der Waals surface area contributed by atoms with Crippen LogP contribution in [0.4, 0.5) is 0 Å². The SMILES string of the molecule is CC(C)C[C@@H]1NC(=O)[C@@H]2C[C@@H](c3ccccc3)CN2C(=O)[C@H](Cc2ccccc2)NC(=O)CSC[C@@H](C(N)=O)NC(=O)[C@H](Cc2ccc(C(N)=O)cc2)NC(=O)[C@@H]2Cc3ccccc3CN2C(=O)[C@@H]2CCCN2C(=O)[C@H](CCCCN)NC1=O. The van der Waals surface area contributed by atoms with E-state index in [9.17, 15) is 33.6 Å². The van der Waals surface area contributed by atoms with Gasteiger partial charge in [-0.1, -0.05) is 111 Å². The van der Waals surface area contributed by atoms with Gasteiger partial charge in [-0.25, -0.2) is 0 Å². The Hall–Kier alpha value is -8.11. The third kappa shape index (κ3) is 15.7. The second kappa shape index (κ2) is 28.9. The van der Waals surface area contributed by atoms with Gasteiger partial charge in [0.15, 0.2) is 0 Å². The molecule has 0 aliphatic carbocycles. The van der Waals surface area contributed by atoms with Gasteiger partial charge >= 0.3 is 0 Å². The van der Waals surface area contributed by atoms with Gasteiger partial charge < -0.3 is 58.5 Å². The number of unbranched alkanes of at least 4 members (excludes halogenated alkanes) is 1. The molecule has 0 saturated carbocycles. The van der Waals surface area contributed by atoms with E-state index in [1.54, 1.807) is 24.3 Å². The molecular weight excluding hydrogens is 1090 g/mol. The van der Waals surface area contributed by atoms with E-state index in [2.05, 4.69) is 26.6 Å². The first-order valence-electron chi connectivity index (χ1n) is 28.9. The number of nitrogens with one attached hydrogen (secondary N) is 5. The molecule has 21 nitrogen and oxygen atoms in total. The van der Waals surface area contributed by atoms with Gasteiger partial charge in [0.25, 0.3) is 0 Å². The number of carbonyl (C=O) groups excluding carboxylic acids is 10. The smallest absolute Gasteiger partial charge is 0.248 e. The highest BCUT2D eigenvalue weighted by Crippen LogP contribution is 2.34. The number of carbonyl (C=O) groups is 10. The standard InChI is InChI=1S/C62H77N11O10S/c1-37(2)28-46-56(77)67-45(20-11-12-26-63)60(81)71-27-13-21-50(71)62(83)73-33-43-19-10-9-18-42(43)31-51(73)58(79)69-47(29-39-22-24-41(25-23-39)54(64)75)57(78)70-49(55(65)76)35-84-36-53(74)66-48(30-38-14-5-3-6-15-38)61(82)72-34-44(32-52(72)59(80)68-46)40-16-7-4-8-17-40/h3-10,14-19,22-25,37,44-52H,11-13,20-21,26-36,63H2,1-2H3,(H2,64,75)(H2,65,76)(H,66,74)(H,67,77)(H,68,80)(H,69,79)(H,70,78)/t44-,45+,46+,47+,48+,49+,50+,51+,52+/m1/s1. The van der Waals surface area contributed by atoms with E-state index in [1.807, 2.05) is 86.6 Å². The van der Waals surface area contributed by atoms with Crippen molar-refractivity contribution in [2.75, 3.05) is 31.1 Å². The highest BCUT2D eigenvalue weighted by Gasteiger charge is 2.46. The van der Waals surface area contributed by atoms with Crippen LogP contribution >= 0.6 is 11.8 Å². The van der Waals surface area contributed by atoms with Crippen molar-refractivity contribution in [1.82, 2.24) is 41.3 Å². The fraction of sp³-hybridized carbons (Fsp3) is 0.452. The summed E-state index contributed by atoms with van der Waals surface area (Å²) in [5, 5.41) is 14.4. The molecule has 4 aromatic rings. The minimum atomic E-state index is -1.40. The Morgan fingerprint density at radius 2 is 1.21 bits per heavy atom. The second-order valence-corrected chi connectivity index (χ2v) is 23.7. The van der Waals surface area contributed by atoms with Crippen LogP contribution < -0.4 is 43.8 Å². The van der Waals surface area contributed by atoms with Crippen molar-refractivity contribution in [1.29, 1.82) is 0 Å². The number of benzene rings is 4. The predicted octanol–water partition coefficient (Wildman–Crippen LogP) is 1.73. The molecule has 4 heterocycles. The van der Waals surface area contributed by atoms with Crippen LogP contribution in [0.25, 0.3) is 0 Å². The molecule has 3 fully saturated rings. The molecule has 4 aliphatic heterocycles. The molecule has 10 amide bonds. The van der Waals surface area contributed by atoms with Gasteiger partial charge in [-0.3, -0.25) is 47.9 Å². The zero-order valence-electron chi connectivity index (χ0n) is 47.5. The number of nitrogens with zero attached hydrogens (tertiary/aromatic N) is 3. The number of rotatable bonds is 13. The number of thioether (sulfide) groups is 1. The Bertz CT molecular complexity index is 3040. The third-order valence-electron chi connectivity index (χ3n) is 16.1. The van der Waals surface area contributed by atoms with Gasteiger partial charge in [0.1, 0.15) is 48.3 Å². The lowest BCUT2D eigenvalue weighted by molar-refractivity contribution is -0.150. The Labute approximate surface area is 493 Å². The van der Waals surface area contributed by atoms with Gasteiger partial charge in [0.05, 0.1) is 5.75 Å². The van der Waals surface area contributed by atoms with E-state index in [1.165, 1.54) is 26.8 Å². The molecule has 84 heavy (non-hydrogen) atoms. The predicted molar refractivity (Wildman–Crippen MR) is 316 cm³/mol. The normalized spacial score (nSPS) is 25.2. The molecule has 4 aromatic carbocycles. The molecule has 0 radical (unpaired) electrons. The third-order valence-corrected chi connectivity index (χ3v) is 17.2. The molecule has 0 bridgehead atoms. The summed E-state index contributed by atoms with van der Waals surface area (Å²) >= 11 is 0.965. The number of hydrogen-bond donors (Lipinski definition) is 8. The summed E-state index contributed by atoms with van der Waals surface area (Å²) in [7, 11) is 0. The van der Waals surface area contributed by atoms with Crippen LogP contribution in [0.15, 0.2) is 109 Å². The molecule has 4 aliphatic rings. The number of amides is 10. The maximum atomic E-state index is 15.3. The van der Waals surface area contributed by atoms with Gasteiger partial charge in [0.2, 0.25) is 59.1 Å². The van der Waals surface area contributed by atoms with Crippen molar-refractivity contribution >= 4 is 70.8 Å². The molecule has 11 N–H and O–H groups in total. The first kappa shape index (κ1) is 61.9. The Balaban J connectivity index is 1.17. The summed E-state index contributed by atoms with van der Waals surface area (Å²) in [6.07, 6.45) is 2.10. The molecule has 0 unspecified atom stereocenters. The average Bonchev–Trinajstić information content (AvgIpc) is 4.31. The monoisotopic (exact) mass is 1170 g/mol. The largest absolute Gasteiger partial charge is 0.368 e. The number of hydrogen-bond acceptors (Lipinski definition) is 12. The molecule has 446 valence electrons. The lowest BCUT2D eigenvalue weighted by Crippen LogP contribution is -2.61. The minimum Gasteiger partial charge on any atom is -0.368 e. The molecule has 0 aromatic heterocycles. The van der Waals surface area contributed by atoms with E-state index in [0.29, 0.717) is 31.4 Å². The minimum absolute atomic E-state index is 0.0119. The number of nitrogens with two attached hydrogens (primary N) is 3. The quantitative estimate of drug-likeness (QED) is 0.0888. The van der Waals surface area contributed by atoms with E-state index < -0.39 is 107 Å². The highest BCUT2D eigenvalue weighted by molar-refractivity contribution is 8.00. The second-order valence-electron chi connectivity index (χ2n) is 22.6. The summed E-state index contributed by atoms with van der Waals surface area (Å²) in [5.74, 6) is -7.48. The van der Waals surface area contributed by atoms with E-state index in [-0.39, 0.29) is 93.5 Å². The van der Waals surface area contributed by atoms with Crippen molar-refractivity contribution in [3.05, 3.63) is 143 Å². The fourth-order valence-electron chi connectivity index (χ4n) is 11.7. The van der Waals surface area contributed by atoms with Crippen LogP contribution in [-0.4, -0.2) is 153 Å².